The van der Waals surface area contributed by atoms with Crippen LogP contribution in [0.2, 0.25) is 5.02 Å². The summed E-state index contributed by atoms with van der Waals surface area (Å²) in [6, 6.07) is 7.84. The summed E-state index contributed by atoms with van der Waals surface area (Å²) in [7, 11) is 0. The highest BCUT2D eigenvalue weighted by Gasteiger charge is 2.25. The van der Waals surface area contributed by atoms with Crippen molar-refractivity contribution in [2.45, 2.75) is 19.8 Å². The Bertz CT molecular complexity index is 667. The van der Waals surface area contributed by atoms with Crippen LogP contribution in [-0.4, -0.2) is 29.2 Å². The minimum Gasteiger partial charge on any atom is -0.371 e. The van der Waals surface area contributed by atoms with Crippen molar-refractivity contribution in [3.8, 4) is 0 Å². The monoisotopic (exact) mass is 336 g/mol. The van der Waals surface area contributed by atoms with Crippen molar-refractivity contribution in [1.29, 1.82) is 0 Å². The summed E-state index contributed by atoms with van der Waals surface area (Å²) in [5.41, 5.74) is 1.12. The fraction of sp³-hybridized carbons (Fsp3) is 0.400. The predicted molar refractivity (Wildman–Crippen MR) is 89.7 cm³/mol. The van der Waals surface area contributed by atoms with E-state index < -0.39 is 0 Å². The molecule has 1 N–H and O–H groups in total. The van der Waals surface area contributed by atoms with Crippen molar-refractivity contribution in [2.24, 2.45) is 5.92 Å². The van der Waals surface area contributed by atoms with Gasteiger partial charge in [0.1, 0.15) is 5.01 Å². The molecular weight excluding hydrogens is 320 g/mol. The smallest absolute Gasteiger partial charge is 0.229 e. The van der Waals surface area contributed by atoms with Crippen LogP contribution in [0.4, 0.5) is 10.8 Å². The molecule has 116 valence electrons. The average Bonchev–Trinajstić information content (AvgIpc) is 2.92. The summed E-state index contributed by atoms with van der Waals surface area (Å²) in [5.74, 6) is 0.0709. The van der Waals surface area contributed by atoms with E-state index in [4.69, 9.17) is 11.6 Å². The first kappa shape index (κ1) is 15.2. The number of hydrogen-bond donors (Lipinski definition) is 1. The Balaban J connectivity index is 1.56. The maximum Gasteiger partial charge on any atom is 0.229 e. The van der Waals surface area contributed by atoms with Gasteiger partial charge in [0, 0.05) is 29.7 Å². The molecular formula is C15H17ClN4OS. The number of aryl methyl sites for hydroxylation is 1. The van der Waals surface area contributed by atoms with Crippen LogP contribution in [0.1, 0.15) is 17.8 Å². The van der Waals surface area contributed by atoms with Crippen molar-refractivity contribution in [3.05, 3.63) is 34.3 Å². The molecule has 0 saturated carbocycles. The lowest BCUT2D eigenvalue weighted by Crippen LogP contribution is -2.38. The second-order valence-electron chi connectivity index (χ2n) is 5.36. The maximum absolute atomic E-state index is 12.3. The number of carbonyl (C=O) groups excluding carboxylic acids is 1. The molecule has 2 aromatic rings. The number of piperidine rings is 1. The van der Waals surface area contributed by atoms with E-state index in [0.717, 1.165) is 41.6 Å². The van der Waals surface area contributed by atoms with Gasteiger partial charge in [0.15, 0.2) is 0 Å². The molecule has 1 fully saturated rings. The third-order valence-corrected chi connectivity index (χ3v) is 4.78. The topological polar surface area (TPSA) is 58.1 Å². The van der Waals surface area contributed by atoms with Gasteiger partial charge in [0.2, 0.25) is 11.0 Å². The minimum atomic E-state index is 0.0274. The molecule has 0 bridgehead atoms. The first-order valence-electron chi connectivity index (χ1n) is 7.23. The quantitative estimate of drug-likeness (QED) is 0.933. The zero-order chi connectivity index (χ0) is 15.5. The van der Waals surface area contributed by atoms with E-state index in [1.165, 1.54) is 11.3 Å². The van der Waals surface area contributed by atoms with E-state index in [0.29, 0.717) is 5.13 Å². The number of anilines is 2. The van der Waals surface area contributed by atoms with Crippen LogP contribution in [0.25, 0.3) is 0 Å². The largest absolute Gasteiger partial charge is 0.371 e. The highest BCUT2D eigenvalue weighted by Crippen LogP contribution is 2.26. The van der Waals surface area contributed by atoms with Crippen LogP contribution in [0.3, 0.4) is 0 Å². The molecule has 0 unspecified atom stereocenters. The Hall–Kier alpha value is -1.66. The standard InChI is InChI=1S/C15H17ClN4OS/c1-10-18-19-15(22-10)17-14(21)11-5-7-20(8-6-11)13-4-2-3-12(16)9-13/h2-4,9,11H,5-8H2,1H3,(H,17,19,21). The molecule has 1 aliphatic heterocycles. The molecule has 1 aromatic heterocycles. The van der Waals surface area contributed by atoms with Gasteiger partial charge < -0.3 is 10.2 Å². The zero-order valence-corrected chi connectivity index (χ0v) is 13.8. The van der Waals surface area contributed by atoms with Crippen LogP contribution in [-0.2, 0) is 4.79 Å². The summed E-state index contributed by atoms with van der Waals surface area (Å²) < 4.78 is 0. The van der Waals surface area contributed by atoms with Crippen molar-refractivity contribution in [3.63, 3.8) is 0 Å². The fourth-order valence-electron chi connectivity index (χ4n) is 2.63. The molecule has 1 aliphatic rings. The number of aromatic nitrogens is 2. The van der Waals surface area contributed by atoms with Gasteiger partial charge >= 0.3 is 0 Å². The second-order valence-corrected chi connectivity index (χ2v) is 6.97. The number of halogens is 1. The second kappa shape index (κ2) is 6.62. The molecule has 0 spiro atoms. The molecule has 0 radical (unpaired) electrons. The van der Waals surface area contributed by atoms with Crippen molar-refractivity contribution >= 4 is 39.7 Å². The number of nitrogens with one attached hydrogen (secondary N) is 1. The lowest BCUT2D eigenvalue weighted by atomic mass is 9.95. The van der Waals surface area contributed by atoms with Gasteiger partial charge in [-0.1, -0.05) is 29.0 Å². The molecule has 2 heterocycles. The number of nitrogens with zero attached hydrogens (tertiary/aromatic N) is 3. The Kier molecular flexibility index (Phi) is 4.59. The molecule has 1 amide bonds. The zero-order valence-electron chi connectivity index (χ0n) is 12.3. The Morgan fingerprint density at radius 1 is 1.36 bits per heavy atom. The van der Waals surface area contributed by atoms with E-state index >= 15 is 0 Å². The average molecular weight is 337 g/mol. The van der Waals surface area contributed by atoms with Crippen molar-refractivity contribution < 1.29 is 4.79 Å². The molecule has 3 rings (SSSR count). The van der Waals surface area contributed by atoms with Crippen LogP contribution >= 0.6 is 22.9 Å². The Labute approximate surface area is 138 Å². The van der Waals surface area contributed by atoms with Crippen LogP contribution < -0.4 is 10.2 Å². The van der Waals surface area contributed by atoms with Gasteiger partial charge in [-0.25, -0.2) is 0 Å². The van der Waals surface area contributed by atoms with E-state index in [2.05, 4.69) is 26.5 Å². The third-order valence-electron chi connectivity index (χ3n) is 3.80. The molecule has 0 aliphatic carbocycles. The number of hydrogen-bond acceptors (Lipinski definition) is 5. The summed E-state index contributed by atoms with van der Waals surface area (Å²) in [5, 5.41) is 12.9. The van der Waals surface area contributed by atoms with Gasteiger partial charge in [-0.2, -0.15) is 0 Å². The third kappa shape index (κ3) is 3.56. The lowest BCUT2D eigenvalue weighted by Gasteiger charge is -2.32. The van der Waals surface area contributed by atoms with Gasteiger partial charge in [-0.05, 0) is 38.0 Å². The fourth-order valence-corrected chi connectivity index (χ4v) is 3.41. The van der Waals surface area contributed by atoms with Crippen LogP contribution in [0, 0.1) is 12.8 Å². The maximum atomic E-state index is 12.3. The molecule has 22 heavy (non-hydrogen) atoms. The molecule has 1 saturated heterocycles. The molecule has 1 aromatic carbocycles. The number of amides is 1. The first-order chi connectivity index (χ1) is 10.6. The SMILES string of the molecule is Cc1nnc(NC(=O)C2CCN(c3cccc(Cl)c3)CC2)s1. The predicted octanol–water partition coefficient (Wildman–Crippen LogP) is 3.36. The van der Waals surface area contributed by atoms with E-state index in [9.17, 15) is 4.79 Å². The summed E-state index contributed by atoms with van der Waals surface area (Å²) in [6.45, 7) is 3.58. The van der Waals surface area contributed by atoms with Crippen molar-refractivity contribution in [1.82, 2.24) is 10.2 Å². The lowest BCUT2D eigenvalue weighted by molar-refractivity contribution is -0.120. The number of benzene rings is 1. The molecule has 0 atom stereocenters. The number of rotatable bonds is 3. The minimum absolute atomic E-state index is 0.0274. The summed E-state index contributed by atoms with van der Waals surface area (Å²) in [4.78, 5) is 14.5. The summed E-state index contributed by atoms with van der Waals surface area (Å²) >= 11 is 7.43. The van der Waals surface area contributed by atoms with E-state index in [-0.39, 0.29) is 11.8 Å². The Morgan fingerprint density at radius 2 is 2.14 bits per heavy atom. The highest BCUT2D eigenvalue weighted by molar-refractivity contribution is 7.15. The van der Waals surface area contributed by atoms with Crippen LogP contribution in [0.15, 0.2) is 24.3 Å². The Morgan fingerprint density at radius 3 is 2.77 bits per heavy atom. The van der Waals surface area contributed by atoms with Crippen LogP contribution in [0.5, 0.6) is 0 Å². The van der Waals surface area contributed by atoms with Gasteiger partial charge in [-0.3, -0.25) is 4.79 Å². The van der Waals surface area contributed by atoms with E-state index in [1.807, 2.05) is 25.1 Å². The number of carbonyl (C=O) groups is 1. The highest BCUT2D eigenvalue weighted by atomic mass is 35.5. The van der Waals surface area contributed by atoms with E-state index in [1.54, 1.807) is 0 Å². The molecule has 7 heteroatoms. The molecule has 5 nitrogen and oxygen atoms in total. The van der Waals surface area contributed by atoms with Gasteiger partial charge in [-0.15, -0.1) is 10.2 Å². The van der Waals surface area contributed by atoms with Gasteiger partial charge in [0.05, 0.1) is 0 Å². The summed E-state index contributed by atoms with van der Waals surface area (Å²) in [6.07, 6.45) is 1.66. The van der Waals surface area contributed by atoms with Crippen molar-refractivity contribution in [2.75, 3.05) is 23.3 Å². The normalized spacial score (nSPS) is 15.8. The van der Waals surface area contributed by atoms with Gasteiger partial charge in [0.25, 0.3) is 0 Å². The first-order valence-corrected chi connectivity index (χ1v) is 8.43.